The molecule has 3 aromatic rings. The number of nitrogens with zero attached hydrogens (tertiary/aromatic N) is 2. The molecule has 3 heterocycles. The van der Waals surface area contributed by atoms with Gasteiger partial charge in [0, 0.05) is 29.6 Å². The number of thiophene rings is 1. The third-order valence-corrected chi connectivity index (χ3v) is 7.79. The fourth-order valence-electron chi connectivity index (χ4n) is 5.02. The summed E-state index contributed by atoms with van der Waals surface area (Å²) in [5, 5.41) is 5.04. The molecule has 3 N–H and O–H groups in total. The summed E-state index contributed by atoms with van der Waals surface area (Å²) in [7, 11) is 0. The van der Waals surface area contributed by atoms with Gasteiger partial charge in [-0.3, -0.25) is 9.69 Å². The van der Waals surface area contributed by atoms with Gasteiger partial charge < -0.3 is 16.0 Å². The Balaban J connectivity index is 1.21. The Morgan fingerprint density at radius 2 is 1.85 bits per heavy atom. The second-order valence-corrected chi connectivity index (χ2v) is 10.2. The molecule has 2 aliphatic rings. The Bertz CT molecular complexity index is 1070. The van der Waals surface area contributed by atoms with Crippen LogP contribution in [0.5, 0.6) is 0 Å². The summed E-state index contributed by atoms with van der Waals surface area (Å²) in [6.45, 7) is 5.84. The number of carbonyl (C=O) groups is 1. The predicted molar refractivity (Wildman–Crippen MR) is 138 cm³/mol. The fraction of sp³-hybridized carbons (Fsp3) is 0.370. The zero-order chi connectivity index (χ0) is 22.6. The van der Waals surface area contributed by atoms with Crippen LogP contribution in [0.3, 0.4) is 0 Å². The van der Waals surface area contributed by atoms with Gasteiger partial charge in [0.15, 0.2) is 0 Å². The van der Waals surface area contributed by atoms with Gasteiger partial charge in [-0.1, -0.05) is 24.3 Å². The second-order valence-electron chi connectivity index (χ2n) is 9.20. The molecule has 2 aromatic carbocycles. The maximum absolute atomic E-state index is 12.9. The van der Waals surface area contributed by atoms with Crippen LogP contribution < -0.4 is 11.1 Å². The molecule has 1 atom stereocenters. The third kappa shape index (κ3) is 5.29. The van der Waals surface area contributed by atoms with E-state index in [1.807, 2.05) is 41.8 Å². The molecule has 2 saturated heterocycles. The van der Waals surface area contributed by atoms with Gasteiger partial charge in [-0.05, 0) is 92.2 Å². The number of nitrogens with two attached hydrogens (primary N) is 1. The lowest BCUT2D eigenvalue weighted by Crippen LogP contribution is -2.38. The molecule has 172 valence electrons. The van der Waals surface area contributed by atoms with Crippen LogP contribution in [-0.2, 0) is 6.54 Å². The summed E-state index contributed by atoms with van der Waals surface area (Å²) in [6.07, 6.45) is 5.27. The van der Waals surface area contributed by atoms with Crippen molar-refractivity contribution in [3.8, 4) is 10.4 Å². The number of nitrogens with one attached hydrogen (secondary N) is 1. The first-order chi connectivity index (χ1) is 16.2. The first kappa shape index (κ1) is 22.1. The number of hydrogen-bond donors (Lipinski definition) is 2. The lowest BCUT2D eigenvalue weighted by molar-refractivity contribution is 0.102. The molecule has 0 aliphatic carbocycles. The Morgan fingerprint density at radius 1 is 1.03 bits per heavy atom. The van der Waals surface area contributed by atoms with Gasteiger partial charge in [-0.25, -0.2) is 0 Å². The number of nitrogen functional groups attached to an aromatic ring is 1. The molecule has 1 amide bonds. The average molecular weight is 461 g/mol. The van der Waals surface area contributed by atoms with E-state index in [4.69, 9.17) is 5.73 Å². The van der Waals surface area contributed by atoms with Gasteiger partial charge in [-0.15, -0.1) is 11.3 Å². The minimum absolute atomic E-state index is 0.135. The minimum atomic E-state index is -0.135. The monoisotopic (exact) mass is 460 g/mol. The van der Waals surface area contributed by atoms with E-state index in [-0.39, 0.29) is 5.91 Å². The number of rotatable bonds is 7. The standard InChI is InChI=1S/C27H32N4OS/c28-24-12-11-22(26-6-4-16-33-26)17-25(24)29-27(32)21-9-7-20(8-10-21)18-31-15-3-5-23(31)19-30-13-1-2-14-30/h4,6-12,16-17,23H,1-3,5,13-15,18-19,28H2,(H,29,32)/t23-/m0/s1. The van der Waals surface area contributed by atoms with E-state index in [9.17, 15) is 4.79 Å². The van der Waals surface area contributed by atoms with Crippen LogP contribution in [0.15, 0.2) is 60.0 Å². The highest BCUT2D eigenvalue weighted by Crippen LogP contribution is 2.30. The third-order valence-electron chi connectivity index (χ3n) is 6.88. The number of anilines is 2. The number of carbonyl (C=O) groups excluding carboxylic acids is 1. The number of amides is 1. The second kappa shape index (κ2) is 10.1. The molecule has 33 heavy (non-hydrogen) atoms. The lowest BCUT2D eigenvalue weighted by atomic mass is 10.1. The van der Waals surface area contributed by atoms with Crippen molar-refractivity contribution < 1.29 is 4.79 Å². The van der Waals surface area contributed by atoms with Crippen molar-refractivity contribution in [2.75, 3.05) is 37.2 Å². The van der Waals surface area contributed by atoms with E-state index in [0.29, 0.717) is 23.0 Å². The largest absolute Gasteiger partial charge is 0.397 e. The highest BCUT2D eigenvalue weighted by atomic mass is 32.1. The van der Waals surface area contributed by atoms with E-state index < -0.39 is 0 Å². The Morgan fingerprint density at radius 3 is 2.61 bits per heavy atom. The predicted octanol–water partition coefficient (Wildman–Crippen LogP) is 5.31. The van der Waals surface area contributed by atoms with Crippen molar-refractivity contribution in [2.24, 2.45) is 0 Å². The molecule has 5 rings (SSSR count). The lowest BCUT2D eigenvalue weighted by Gasteiger charge is -2.28. The molecular weight excluding hydrogens is 428 g/mol. The smallest absolute Gasteiger partial charge is 0.255 e. The van der Waals surface area contributed by atoms with Gasteiger partial charge in [0.1, 0.15) is 0 Å². The minimum Gasteiger partial charge on any atom is -0.397 e. The van der Waals surface area contributed by atoms with Crippen LogP contribution in [0.1, 0.15) is 41.6 Å². The molecule has 0 bridgehead atoms. The first-order valence-electron chi connectivity index (χ1n) is 12.0. The quantitative estimate of drug-likeness (QED) is 0.469. The average Bonchev–Trinajstić information content (AvgIpc) is 3.60. The van der Waals surface area contributed by atoms with E-state index in [1.165, 1.54) is 57.4 Å². The van der Waals surface area contributed by atoms with Crippen LogP contribution in [-0.4, -0.2) is 47.9 Å². The molecule has 0 unspecified atom stereocenters. The van der Waals surface area contributed by atoms with Crippen LogP contribution in [0, 0.1) is 0 Å². The highest BCUT2D eigenvalue weighted by Gasteiger charge is 2.27. The first-order valence-corrected chi connectivity index (χ1v) is 12.8. The van der Waals surface area contributed by atoms with Crippen LogP contribution in [0.25, 0.3) is 10.4 Å². The Labute approximate surface area is 200 Å². The van der Waals surface area contributed by atoms with Crippen molar-refractivity contribution in [3.05, 3.63) is 71.1 Å². The fourth-order valence-corrected chi connectivity index (χ4v) is 5.75. The molecule has 2 aliphatic heterocycles. The Kier molecular flexibility index (Phi) is 6.76. The van der Waals surface area contributed by atoms with Gasteiger partial charge >= 0.3 is 0 Å². The van der Waals surface area contributed by atoms with Crippen LogP contribution in [0.4, 0.5) is 11.4 Å². The molecule has 6 heteroatoms. The summed E-state index contributed by atoms with van der Waals surface area (Å²) in [6, 6.07) is 18.6. The van der Waals surface area contributed by atoms with Crippen molar-refractivity contribution in [1.29, 1.82) is 0 Å². The van der Waals surface area contributed by atoms with Crippen molar-refractivity contribution in [1.82, 2.24) is 9.80 Å². The van der Waals surface area contributed by atoms with Crippen molar-refractivity contribution in [3.63, 3.8) is 0 Å². The van der Waals surface area contributed by atoms with Crippen molar-refractivity contribution >= 4 is 28.6 Å². The van der Waals surface area contributed by atoms with E-state index >= 15 is 0 Å². The molecule has 5 nitrogen and oxygen atoms in total. The molecule has 2 fully saturated rings. The summed E-state index contributed by atoms with van der Waals surface area (Å²) < 4.78 is 0. The maximum Gasteiger partial charge on any atom is 0.255 e. The summed E-state index contributed by atoms with van der Waals surface area (Å²) in [4.78, 5) is 19.3. The van der Waals surface area contributed by atoms with E-state index in [0.717, 1.165) is 17.0 Å². The topological polar surface area (TPSA) is 61.6 Å². The molecular formula is C27H32N4OS. The van der Waals surface area contributed by atoms with Gasteiger partial charge in [-0.2, -0.15) is 0 Å². The number of benzene rings is 2. The SMILES string of the molecule is Nc1ccc(-c2cccs2)cc1NC(=O)c1ccc(CN2CCC[C@H]2CN2CCCC2)cc1. The van der Waals surface area contributed by atoms with E-state index in [1.54, 1.807) is 11.3 Å². The Hall–Kier alpha value is -2.67. The highest BCUT2D eigenvalue weighted by molar-refractivity contribution is 7.13. The van der Waals surface area contributed by atoms with Crippen molar-refractivity contribution in [2.45, 2.75) is 38.3 Å². The molecule has 1 aromatic heterocycles. The van der Waals surface area contributed by atoms with E-state index in [2.05, 4.69) is 33.3 Å². The number of hydrogen-bond acceptors (Lipinski definition) is 5. The zero-order valence-corrected chi connectivity index (χ0v) is 19.8. The van der Waals surface area contributed by atoms with Gasteiger partial charge in [0.05, 0.1) is 11.4 Å². The maximum atomic E-state index is 12.9. The summed E-state index contributed by atoms with van der Waals surface area (Å²) >= 11 is 1.67. The summed E-state index contributed by atoms with van der Waals surface area (Å²) in [5.41, 5.74) is 10.3. The van der Waals surface area contributed by atoms with Gasteiger partial charge in [0.25, 0.3) is 5.91 Å². The normalized spacial score (nSPS) is 19.2. The van der Waals surface area contributed by atoms with Gasteiger partial charge in [0.2, 0.25) is 0 Å². The zero-order valence-electron chi connectivity index (χ0n) is 19.0. The molecule has 0 radical (unpaired) electrons. The molecule has 0 spiro atoms. The van der Waals surface area contributed by atoms with Crippen LogP contribution >= 0.6 is 11.3 Å². The number of likely N-dealkylation sites (tertiary alicyclic amines) is 2. The molecule has 0 saturated carbocycles. The van der Waals surface area contributed by atoms with Crippen LogP contribution in [0.2, 0.25) is 0 Å². The summed E-state index contributed by atoms with van der Waals surface area (Å²) in [5.74, 6) is -0.135.